The van der Waals surface area contributed by atoms with E-state index >= 15 is 0 Å². The molecule has 0 saturated carbocycles. The van der Waals surface area contributed by atoms with Gasteiger partial charge in [-0.15, -0.1) is 0 Å². The number of hydrogen-bond acceptors (Lipinski definition) is 7. The normalized spacial score (nSPS) is 15.0. The second-order valence-electron chi connectivity index (χ2n) is 10.0. The highest BCUT2D eigenvalue weighted by Crippen LogP contribution is 2.44. The lowest BCUT2D eigenvalue weighted by Crippen LogP contribution is -2.38. The predicted molar refractivity (Wildman–Crippen MR) is 158 cm³/mol. The molecular weight excluding hydrogens is 599 g/mol. The molecular formula is C28H30ClN6O7P. The van der Waals surface area contributed by atoms with Gasteiger partial charge in [0, 0.05) is 53.7 Å². The lowest BCUT2D eigenvalue weighted by atomic mass is 10.0. The third-order valence-corrected chi connectivity index (χ3v) is 9.00. The Bertz CT molecular complexity index is 1710. The van der Waals surface area contributed by atoms with E-state index in [-0.39, 0.29) is 37.0 Å². The Hall–Kier alpha value is -4.16. The number of para-hydroxylation sites is 1. The Morgan fingerprint density at radius 2 is 1.98 bits per heavy atom. The van der Waals surface area contributed by atoms with E-state index in [4.69, 9.17) is 20.6 Å². The zero-order chi connectivity index (χ0) is 30.7. The molecule has 5 rings (SSSR count). The fraction of sp³-hybridized carbons (Fsp3) is 0.286. The standard InChI is InChI=1S/C28H30ClN6O7P/c1-17(28(38)39)33-43(40,42-18-7-4-3-5-8-18)41-14-13-34(2)27(37)25-20-16-35(12-11-23(20)31-32-25)26(36)24-15-19-21(29)9-6-10-22(19)30-24/h3-10,15,17,30H,11-14,16H2,1-2H3,(H,31,32)(H,33,40)(H,38,39). The van der Waals surface area contributed by atoms with Crippen LogP contribution in [-0.4, -0.2) is 80.7 Å². The second-order valence-corrected chi connectivity index (χ2v) is 12.1. The molecule has 0 bridgehead atoms. The summed E-state index contributed by atoms with van der Waals surface area (Å²) < 4.78 is 24.4. The summed E-state index contributed by atoms with van der Waals surface area (Å²) in [6.45, 7) is 1.68. The maximum absolute atomic E-state index is 13.4. The Morgan fingerprint density at radius 3 is 2.70 bits per heavy atom. The van der Waals surface area contributed by atoms with Gasteiger partial charge in [0.05, 0.1) is 13.2 Å². The van der Waals surface area contributed by atoms with Gasteiger partial charge in [-0.25, -0.2) is 4.57 Å². The van der Waals surface area contributed by atoms with Gasteiger partial charge >= 0.3 is 13.7 Å². The van der Waals surface area contributed by atoms with Crippen molar-refractivity contribution in [3.8, 4) is 5.75 Å². The Morgan fingerprint density at radius 1 is 1.21 bits per heavy atom. The summed E-state index contributed by atoms with van der Waals surface area (Å²) in [5.74, 6) is -1.68. The number of carboxylic acids is 1. The number of carboxylic acid groups (broad SMARTS) is 1. The van der Waals surface area contributed by atoms with Crippen LogP contribution in [0.3, 0.4) is 0 Å². The molecule has 0 aliphatic carbocycles. The highest BCUT2D eigenvalue weighted by Gasteiger charge is 2.33. The molecule has 2 amide bonds. The molecule has 2 unspecified atom stereocenters. The minimum atomic E-state index is -4.13. The molecule has 0 spiro atoms. The molecule has 2 aromatic heterocycles. The molecule has 3 heterocycles. The van der Waals surface area contributed by atoms with E-state index in [1.165, 1.54) is 18.9 Å². The number of carbonyl (C=O) groups is 3. The number of fused-ring (bicyclic) bond motifs is 2. The van der Waals surface area contributed by atoms with Crippen LogP contribution in [0.1, 0.15) is 39.2 Å². The van der Waals surface area contributed by atoms with E-state index in [9.17, 15) is 24.1 Å². The average Bonchev–Trinajstić information content (AvgIpc) is 3.62. The number of carbonyl (C=O) groups excluding carboxylic acids is 2. The lowest BCUT2D eigenvalue weighted by molar-refractivity contribution is -0.138. The van der Waals surface area contributed by atoms with Gasteiger partial charge in [-0.05, 0) is 37.3 Å². The number of amides is 2. The largest absolute Gasteiger partial charge is 0.480 e. The Labute approximate surface area is 251 Å². The van der Waals surface area contributed by atoms with Gasteiger partial charge in [0.15, 0.2) is 5.69 Å². The summed E-state index contributed by atoms with van der Waals surface area (Å²) in [6.07, 6.45) is 0.489. The number of rotatable bonds is 11. The van der Waals surface area contributed by atoms with E-state index in [1.54, 1.807) is 53.4 Å². The highest BCUT2D eigenvalue weighted by atomic mass is 35.5. The van der Waals surface area contributed by atoms with Crippen molar-refractivity contribution in [2.24, 2.45) is 0 Å². The molecule has 2 atom stereocenters. The van der Waals surface area contributed by atoms with Crippen LogP contribution >= 0.6 is 19.3 Å². The topological polar surface area (TPSA) is 170 Å². The first-order chi connectivity index (χ1) is 20.5. The minimum Gasteiger partial charge on any atom is -0.480 e. The summed E-state index contributed by atoms with van der Waals surface area (Å²) in [4.78, 5) is 44.2. The van der Waals surface area contributed by atoms with Gasteiger partial charge in [0.25, 0.3) is 11.8 Å². The number of H-pyrrole nitrogens is 2. The van der Waals surface area contributed by atoms with Crippen molar-refractivity contribution in [1.82, 2.24) is 30.1 Å². The first-order valence-corrected chi connectivity index (χ1v) is 15.3. The SMILES string of the molecule is CC(NP(=O)(OCCN(C)C(=O)c1n[nH]c2c1CN(C(=O)c1cc3c(Cl)cccc3[nH]1)CC2)Oc1ccccc1)C(=O)O. The molecule has 0 fully saturated rings. The summed E-state index contributed by atoms with van der Waals surface area (Å²) in [5, 5.41) is 20.1. The van der Waals surface area contributed by atoms with Crippen LogP contribution in [-0.2, 0) is 26.8 Å². The van der Waals surface area contributed by atoms with Crippen molar-refractivity contribution >= 4 is 48.0 Å². The summed E-state index contributed by atoms with van der Waals surface area (Å²) in [7, 11) is -2.59. The fourth-order valence-electron chi connectivity index (χ4n) is 4.63. The minimum absolute atomic E-state index is 0.00971. The molecule has 43 heavy (non-hydrogen) atoms. The molecule has 15 heteroatoms. The lowest BCUT2D eigenvalue weighted by Gasteiger charge is -2.27. The summed E-state index contributed by atoms with van der Waals surface area (Å²) in [6, 6.07) is 14.1. The molecule has 2 aromatic carbocycles. The van der Waals surface area contributed by atoms with E-state index in [2.05, 4.69) is 20.3 Å². The molecule has 1 aliphatic heterocycles. The Balaban J connectivity index is 1.24. The average molecular weight is 629 g/mol. The van der Waals surface area contributed by atoms with Crippen molar-refractivity contribution < 1.29 is 33.1 Å². The zero-order valence-electron chi connectivity index (χ0n) is 23.4. The van der Waals surface area contributed by atoms with E-state index in [0.717, 1.165) is 16.6 Å². The number of nitrogens with one attached hydrogen (secondary N) is 3. The van der Waals surface area contributed by atoms with Crippen LogP contribution in [0.4, 0.5) is 0 Å². The van der Waals surface area contributed by atoms with Crippen LogP contribution in [0.2, 0.25) is 5.02 Å². The molecule has 4 N–H and O–H groups in total. The van der Waals surface area contributed by atoms with E-state index < -0.39 is 25.7 Å². The number of benzene rings is 2. The Kier molecular flexibility index (Phi) is 8.88. The molecule has 1 aliphatic rings. The summed E-state index contributed by atoms with van der Waals surface area (Å²) in [5.41, 5.74) is 2.69. The molecule has 13 nitrogen and oxygen atoms in total. The van der Waals surface area contributed by atoms with Crippen molar-refractivity contribution in [1.29, 1.82) is 0 Å². The first kappa shape index (κ1) is 30.3. The van der Waals surface area contributed by atoms with Gasteiger partial charge in [-0.2, -0.15) is 10.2 Å². The van der Waals surface area contributed by atoms with Gasteiger partial charge < -0.3 is 24.4 Å². The highest BCUT2D eigenvalue weighted by molar-refractivity contribution is 7.52. The van der Waals surface area contributed by atoms with Crippen molar-refractivity contribution in [3.05, 3.63) is 82.3 Å². The van der Waals surface area contributed by atoms with Crippen molar-refractivity contribution in [3.63, 3.8) is 0 Å². The number of hydrogen-bond donors (Lipinski definition) is 4. The van der Waals surface area contributed by atoms with Gasteiger partial charge in [-0.3, -0.25) is 24.0 Å². The predicted octanol–water partition coefficient (Wildman–Crippen LogP) is 4.08. The van der Waals surface area contributed by atoms with E-state index in [0.29, 0.717) is 29.2 Å². The number of aliphatic carboxylic acids is 1. The van der Waals surface area contributed by atoms with Gasteiger partial charge in [0.2, 0.25) is 0 Å². The van der Waals surface area contributed by atoms with Gasteiger partial charge in [0.1, 0.15) is 17.5 Å². The molecule has 0 radical (unpaired) electrons. The third kappa shape index (κ3) is 6.75. The second kappa shape index (κ2) is 12.6. The molecule has 4 aromatic rings. The van der Waals surface area contributed by atoms with Crippen molar-refractivity contribution in [2.45, 2.75) is 25.9 Å². The number of halogens is 1. The first-order valence-electron chi connectivity index (χ1n) is 13.4. The molecule has 0 saturated heterocycles. The molecule has 226 valence electrons. The maximum Gasteiger partial charge on any atom is 0.459 e. The number of aromatic nitrogens is 3. The number of likely N-dealkylation sites (N-methyl/N-ethyl adjacent to an activating group) is 1. The maximum atomic E-state index is 13.4. The smallest absolute Gasteiger partial charge is 0.459 e. The van der Waals surface area contributed by atoms with Crippen LogP contribution < -0.4 is 9.61 Å². The fourth-order valence-corrected chi connectivity index (χ4v) is 6.35. The summed E-state index contributed by atoms with van der Waals surface area (Å²) >= 11 is 6.27. The van der Waals surface area contributed by atoms with Crippen molar-refractivity contribution in [2.75, 3.05) is 26.7 Å². The monoisotopic (exact) mass is 628 g/mol. The van der Waals surface area contributed by atoms with Crippen LogP contribution in [0, 0.1) is 0 Å². The number of nitrogens with zero attached hydrogens (tertiary/aromatic N) is 3. The number of aromatic amines is 2. The van der Waals surface area contributed by atoms with E-state index in [1.807, 2.05) is 6.07 Å². The third-order valence-electron chi connectivity index (χ3n) is 6.99. The quantitative estimate of drug-likeness (QED) is 0.179. The zero-order valence-corrected chi connectivity index (χ0v) is 25.0. The van der Waals surface area contributed by atoms with Crippen LogP contribution in [0.15, 0.2) is 54.6 Å². The van der Waals surface area contributed by atoms with Crippen LogP contribution in [0.5, 0.6) is 5.75 Å². The van der Waals surface area contributed by atoms with Crippen LogP contribution in [0.25, 0.3) is 10.9 Å². The van der Waals surface area contributed by atoms with Gasteiger partial charge in [-0.1, -0.05) is 35.9 Å².